The SMILES string of the molecule is C=CCN(c1ccccc1Br)S(=O)(=O)c1ccc(F)cc1. The van der Waals surface area contributed by atoms with Gasteiger partial charge in [0.25, 0.3) is 10.0 Å². The third kappa shape index (κ3) is 3.33. The Morgan fingerprint density at radius 3 is 2.33 bits per heavy atom. The molecule has 3 nitrogen and oxygen atoms in total. The molecule has 0 aromatic heterocycles. The number of benzene rings is 2. The fourth-order valence-electron chi connectivity index (χ4n) is 1.83. The molecule has 2 aromatic carbocycles. The summed E-state index contributed by atoms with van der Waals surface area (Å²) in [5.41, 5.74) is 0.502. The molecule has 2 rings (SSSR count). The molecule has 6 heteroatoms. The molecule has 21 heavy (non-hydrogen) atoms. The van der Waals surface area contributed by atoms with Crippen LogP contribution in [0.15, 0.2) is 70.6 Å². The van der Waals surface area contributed by atoms with Gasteiger partial charge in [-0.2, -0.15) is 0 Å². The van der Waals surface area contributed by atoms with Crippen molar-refractivity contribution in [1.29, 1.82) is 0 Å². The highest BCUT2D eigenvalue weighted by atomic mass is 79.9. The zero-order chi connectivity index (χ0) is 15.5. The highest BCUT2D eigenvalue weighted by Crippen LogP contribution is 2.30. The van der Waals surface area contributed by atoms with E-state index in [0.717, 1.165) is 12.1 Å². The monoisotopic (exact) mass is 369 g/mol. The summed E-state index contributed by atoms with van der Waals surface area (Å²) >= 11 is 3.34. The average Bonchev–Trinajstić information content (AvgIpc) is 2.46. The van der Waals surface area contributed by atoms with Gasteiger partial charge < -0.3 is 0 Å². The van der Waals surface area contributed by atoms with E-state index in [1.165, 1.54) is 22.5 Å². The lowest BCUT2D eigenvalue weighted by molar-refractivity contribution is 0.591. The Morgan fingerprint density at radius 2 is 1.76 bits per heavy atom. The maximum atomic E-state index is 13.0. The molecule has 0 aliphatic carbocycles. The first-order chi connectivity index (χ1) is 9.96. The molecule has 2 aromatic rings. The first kappa shape index (κ1) is 15.7. The summed E-state index contributed by atoms with van der Waals surface area (Å²) in [6, 6.07) is 11.7. The minimum Gasteiger partial charge on any atom is -0.261 e. The van der Waals surface area contributed by atoms with Crippen LogP contribution in [0.5, 0.6) is 0 Å². The molecule has 0 aliphatic heterocycles. The molecule has 0 N–H and O–H groups in total. The Morgan fingerprint density at radius 1 is 1.14 bits per heavy atom. The molecule has 0 spiro atoms. The Kier molecular flexibility index (Phi) is 4.80. The molecule has 0 unspecified atom stereocenters. The summed E-state index contributed by atoms with van der Waals surface area (Å²) < 4.78 is 40.3. The van der Waals surface area contributed by atoms with Gasteiger partial charge in [-0.3, -0.25) is 4.31 Å². The van der Waals surface area contributed by atoms with Crippen LogP contribution in [0.2, 0.25) is 0 Å². The number of nitrogens with zero attached hydrogens (tertiary/aromatic N) is 1. The maximum absolute atomic E-state index is 13.0. The van der Waals surface area contributed by atoms with Gasteiger partial charge in [0.05, 0.1) is 17.1 Å². The van der Waals surface area contributed by atoms with Crippen molar-refractivity contribution < 1.29 is 12.8 Å². The fourth-order valence-corrected chi connectivity index (χ4v) is 3.90. The van der Waals surface area contributed by atoms with Crippen molar-refractivity contribution in [2.45, 2.75) is 4.90 Å². The normalized spacial score (nSPS) is 11.1. The van der Waals surface area contributed by atoms with Crippen LogP contribution in [-0.4, -0.2) is 15.0 Å². The molecule has 0 amide bonds. The number of rotatable bonds is 5. The lowest BCUT2D eigenvalue weighted by atomic mass is 10.3. The van der Waals surface area contributed by atoms with E-state index in [9.17, 15) is 12.8 Å². The van der Waals surface area contributed by atoms with E-state index in [4.69, 9.17) is 0 Å². The molecule has 0 radical (unpaired) electrons. The molecule has 0 heterocycles. The summed E-state index contributed by atoms with van der Waals surface area (Å²) in [5.74, 6) is -0.481. The third-order valence-corrected chi connectivity index (χ3v) is 5.28. The second-order valence-electron chi connectivity index (χ2n) is 4.23. The molecule has 0 saturated carbocycles. The van der Waals surface area contributed by atoms with Crippen LogP contribution < -0.4 is 4.31 Å². The predicted molar refractivity (Wildman–Crippen MR) is 85.3 cm³/mol. The van der Waals surface area contributed by atoms with Gasteiger partial charge in [0, 0.05) is 4.47 Å². The summed E-state index contributed by atoms with van der Waals surface area (Å²) in [7, 11) is -3.79. The van der Waals surface area contributed by atoms with Gasteiger partial charge in [-0.25, -0.2) is 12.8 Å². The first-order valence-electron chi connectivity index (χ1n) is 6.10. The standard InChI is InChI=1S/C15H13BrFNO2S/c1-2-11-18(15-6-4-3-5-14(15)16)21(19,20)13-9-7-12(17)8-10-13/h2-10H,1,11H2. The lowest BCUT2D eigenvalue weighted by Crippen LogP contribution is -2.31. The number of halogens is 2. The van der Waals surface area contributed by atoms with Crippen molar-refractivity contribution >= 4 is 31.6 Å². The minimum atomic E-state index is -3.79. The number of hydrogen-bond acceptors (Lipinski definition) is 2. The van der Waals surface area contributed by atoms with E-state index in [-0.39, 0.29) is 11.4 Å². The fraction of sp³-hybridized carbons (Fsp3) is 0.0667. The Balaban J connectivity index is 2.54. The van der Waals surface area contributed by atoms with Crippen molar-refractivity contribution in [2.75, 3.05) is 10.8 Å². The molecule has 110 valence electrons. The Labute approximate surface area is 131 Å². The van der Waals surface area contributed by atoms with Crippen LogP contribution in [0.4, 0.5) is 10.1 Å². The highest BCUT2D eigenvalue weighted by Gasteiger charge is 2.25. The van der Waals surface area contributed by atoms with E-state index in [1.54, 1.807) is 24.3 Å². The van der Waals surface area contributed by atoms with Gasteiger partial charge in [0.2, 0.25) is 0 Å². The van der Waals surface area contributed by atoms with Gasteiger partial charge in [0.1, 0.15) is 5.82 Å². The number of hydrogen-bond donors (Lipinski definition) is 0. The summed E-state index contributed by atoms with van der Waals surface area (Å²) in [4.78, 5) is 0.0292. The van der Waals surface area contributed by atoms with Gasteiger partial charge in [0.15, 0.2) is 0 Å². The summed E-state index contributed by atoms with van der Waals surface area (Å²) in [6.07, 6.45) is 1.50. The number of sulfonamides is 1. The van der Waals surface area contributed by atoms with Crippen LogP contribution in [0.25, 0.3) is 0 Å². The number of anilines is 1. The molecule has 0 saturated heterocycles. The number of para-hydroxylation sites is 1. The molecular formula is C15H13BrFNO2S. The van der Waals surface area contributed by atoms with Crippen molar-refractivity contribution in [2.24, 2.45) is 0 Å². The lowest BCUT2D eigenvalue weighted by Gasteiger charge is -2.24. The highest BCUT2D eigenvalue weighted by molar-refractivity contribution is 9.10. The third-order valence-electron chi connectivity index (χ3n) is 2.82. The minimum absolute atomic E-state index is 0.0292. The van der Waals surface area contributed by atoms with Crippen LogP contribution >= 0.6 is 15.9 Å². The van der Waals surface area contributed by atoms with Gasteiger partial charge in [-0.05, 0) is 52.3 Å². The van der Waals surface area contributed by atoms with Crippen LogP contribution in [0.1, 0.15) is 0 Å². The first-order valence-corrected chi connectivity index (χ1v) is 8.34. The largest absolute Gasteiger partial charge is 0.264 e. The van der Waals surface area contributed by atoms with Crippen molar-refractivity contribution in [3.05, 3.63) is 71.5 Å². The van der Waals surface area contributed by atoms with E-state index in [1.807, 2.05) is 0 Å². The topological polar surface area (TPSA) is 37.4 Å². The van der Waals surface area contributed by atoms with Gasteiger partial charge in [-0.15, -0.1) is 6.58 Å². The van der Waals surface area contributed by atoms with Gasteiger partial charge in [-0.1, -0.05) is 18.2 Å². The molecule has 0 atom stereocenters. The zero-order valence-corrected chi connectivity index (χ0v) is 13.4. The van der Waals surface area contributed by atoms with E-state index < -0.39 is 15.8 Å². The summed E-state index contributed by atoms with van der Waals surface area (Å²) in [5, 5.41) is 0. The van der Waals surface area contributed by atoms with Crippen LogP contribution in [0.3, 0.4) is 0 Å². The van der Waals surface area contributed by atoms with Gasteiger partial charge >= 0.3 is 0 Å². The molecular weight excluding hydrogens is 357 g/mol. The Hall–Kier alpha value is -1.66. The average molecular weight is 370 g/mol. The zero-order valence-electron chi connectivity index (χ0n) is 11.0. The molecule has 0 bridgehead atoms. The quantitative estimate of drug-likeness (QED) is 0.747. The second kappa shape index (κ2) is 6.41. The van der Waals surface area contributed by atoms with Crippen molar-refractivity contribution in [1.82, 2.24) is 0 Å². The molecule has 0 aliphatic rings. The van der Waals surface area contributed by atoms with E-state index >= 15 is 0 Å². The van der Waals surface area contributed by atoms with Crippen molar-refractivity contribution in [3.63, 3.8) is 0 Å². The molecule has 0 fully saturated rings. The van der Waals surface area contributed by atoms with Crippen LogP contribution in [0, 0.1) is 5.82 Å². The predicted octanol–water partition coefficient (Wildman–Crippen LogP) is 3.97. The van der Waals surface area contributed by atoms with Crippen LogP contribution in [-0.2, 0) is 10.0 Å². The van der Waals surface area contributed by atoms with Crippen molar-refractivity contribution in [3.8, 4) is 0 Å². The van der Waals surface area contributed by atoms with E-state index in [0.29, 0.717) is 10.2 Å². The van der Waals surface area contributed by atoms with E-state index in [2.05, 4.69) is 22.5 Å². The second-order valence-corrected chi connectivity index (χ2v) is 6.95. The summed E-state index contributed by atoms with van der Waals surface area (Å²) in [6.45, 7) is 3.71. The maximum Gasteiger partial charge on any atom is 0.264 e. The Bertz CT molecular complexity index is 745. The smallest absolute Gasteiger partial charge is 0.261 e.